The van der Waals surface area contributed by atoms with E-state index in [1.807, 2.05) is 35.0 Å². The molecule has 1 aromatic heterocycles. The molecule has 0 bridgehead atoms. The fourth-order valence-corrected chi connectivity index (χ4v) is 3.91. The summed E-state index contributed by atoms with van der Waals surface area (Å²) >= 11 is 1.67. The molecule has 0 amide bonds. The Morgan fingerprint density at radius 2 is 1.85 bits per heavy atom. The lowest BCUT2D eigenvalue weighted by atomic mass is 10.1. The highest BCUT2D eigenvalue weighted by molar-refractivity contribution is 7.99. The van der Waals surface area contributed by atoms with Crippen LogP contribution in [0.25, 0.3) is 0 Å². The zero-order chi connectivity index (χ0) is 17.3. The lowest BCUT2D eigenvalue weighted by molar-refractivity contribution is 0.174. The van der Waals surface area contributed by atoms with Gasteiger partial charge in [-0.3, -0.25) is 0 Å². The van der Waals surface area contributed by atoms with Crippen LogP contribution in [0.3, 0.4) is 0 Å². The van der Waals surface area contributed by atoms with Crippen molar-refractivity contribution in [3.8, 4) is 11.5 Å². The van der Waals surface area contributed by atoms with Crippen LogP contribution in [0, 0.1) is 0 Å². The lowest BCUT2D eigenvalue weighted by Crippen LogP contribution is -2.14. The normalized spacial score (nSPS) is 14.8. The van der Waals surface area contributed by atoms with Gasteiger partial charge in [0.15, 0.2) is 17.3 Å². The summed E-state index contributed by atoms with van der Waals surface area (Å²) in [4.78, 5) is 0. The molecule has 0 saturated heterocycles. The van der Waals surface area contributed by atoms with Gasteiger partial charge in [-0.2, -0.15) is 9.78 Å². The van der Waals surface area contributed by atoms with Crippen LogP contribution in [0.15, 0.2) is 58.8 Å². The number of nitrogens with zero attached hydrogens (tertiary/aromatic N) is 4. The monoisotopic (exact) mass is 364 g/mol. The van der Waals surface area contributed by atoms with Crippen LogP contribution in [-0.4, -0.2) is 33.1 Å². The van der Waals surface area contributed by atoms with Gasteiger partial charge < -0.3 is 9.47 Å². The van der Waals surface area contributed by atoms with E-state index in [1.165, 1.54) is 5.56 Å². The van der Waals surface area contributed by atoms with Crippen LogP contribution in [0.2, 0.25) is 0 Å². The van der Waals surface area contributed by atoms with Crippen LogP contribution >= 0.6 is 11.8 Å². The summed E-state index contributed by atoms with van der Waals surface area (Å²) in [5, 5.41) is 14.3. The molecule has 5 rings (SSSR count). The Morgan fingerprint density at radius 1 is 0.962 bits per heavy atom. The average Bonchev–Trinajstić information content (AvgIpc) is 3.33. The SMILES string of the molecule is c1ccc(C2=Nn3c(CCc4ccc5c(c4)OCO5)nnc3SC2)cc1. The fourth-order valence-electron chi connectivity index (χ4n) is 3.05. The topological polar surface area (TPSA) is 61.5 Å². The van der Waals surface area contributed by atoms with Crippen molar-refractivity contribution >= 4 is 17.5 Å². The second-order valence-corrected chi connectivity index (χ2v) is 7.04. The highest BCUT2D eigenvalue weighted by Gasteiger charge is 2.20. The molecule has 3 heterocycles. The fraction of sp³-hybridized carbons (Fsp3) is 0.211. The number of aromatic nitrogens is 3. The largest absolute Gasteiger partial charge is 0.454 e. The standard InChI is InChI=1S/C19H16N4O2S/c1-2-4-14(5-3-1)15-11-26-19-21-20-18(23(19)22-15)9-7-13-6-8-16-17(10-13)25-12-24-16/h1-6,8,10H,7,9,11-12H2. The first-order chi connectivity index (χ1) is 12.9. The number of aryl methyl sites for hydroxylation is 2. The molecule has 0 radical (unpaired) electrons. The molecular formula is C19H16N4O2S. The number of fused-ring (bicyclic) bond motifs is 2. The molecular weight excluding hydrogens is 348 g/mol. The molecule has 0 atom stereocenters. The van der Waals surface area contributed by atoms with Gasteiger partial charge in [-0.15, -0.1) is 10.2 Å². The van der Waals surface area contributed by atoms with Gasteiger partial charge in [0, 0.05) is 12.2 Å². The second-order valence-electron chi connectivity index (χ2n) is 6.10. The summed E-state index contributed by atoms with van der Waals surface area (Å²) in [6.07, 6.45) is 1.61. The number of thioether (sulfide) groups is 1. The third-order valence-corrected chi connectivity index (χ3v) is 5.35. The summed E-state index contributed by atoms with van der Waals surface area (Å²) < 4.78 is 12.7. The quantitative estimate of drug-likeness (QED) is 0.712. The minimum atomic E-state index is 0.296. The van der Waals surface area contributed by atoms with E-state index in [9.17, 15) is 0 Å². The predicted octanol–water partition coefficient (Wildman–Crippen LogP) is 3.15. The molecule has 0 saturated carbocycles. The summed E-state index contributed by atoms with van der Waals surface area (Å²) in [5.41, 5.74) is 3.37. The van der Waals surface area contributed by atoms with E-state index < -0.39 is 0 Å². The molecule has 7 heteroatoms. The molecule has 0 N–H and O–H groups in total. The second kappa shape index (κ2) is 6.49. The van der Waals surface area contributed by atoms with Crippen LogP contribution in [0.5, 0.6) is 11.5 Å². The van der Waals surface area contributed by atoms with E-state index in [1.54, 1.807) is 11.8 Å². The van der Waals surface area contributed by atoms with Crippen molar-refractivity contribution in [1.82, 2.24) is 14.9 Å². The Balaban J connectivity index is 1.37. The van der Waals surface area contributed by atoms with Gasteiger partial charge in [-0.1, -0.05) is 48.2 Å². The lowest BCUT2D eigenvalue weighted by Gasteiger charge is -2.13. The van der Waals surface area contributed by atoms with E-state index in [2.05, 4.69) is 28.4 Å². The molecule has 130 valence electrons. The van der Waals surface area contributed by atoms with E-state index in [0.717, 1.165) is 52.3 Å². The smallest absolute Gasteiger partial charge is 0.231 e. The molecule has 26 heavy (non-hydrogen) atoms. The van der Waals surface area contributed by atoms with Gasteiger partial charge in [-0.05, 0) is 29.7 Å². The first-order valence-electron chi connectivity index (χ1n) is 8.46. The third-order valence-electron chi connectivity index (χ3n) is 4.42. The minimum absolute atomic E-state index is 0.296. The van der Waals surface area contributed by atoms with Gasteiger partial charge in [0.2, 0.25) is 11.9 Å². The number of rotatable bonds is 4. The summed E-state index contributed by atoms with van der Waals surface area (Å²) in [7, 11) is 0. The number of ether oxygens (including phenoxy) is 2. The molecule has 0 unspecified atom stereocenters. The minimum Gasteiger partial charge on any atom is -0.454 e. The molecule has 3 aromatic rings. The van der Waals surface area contributed by atoms with E-state index in [-0.39, 0.29) is 0 Å². The number of benzene rings is 2. The summed E-state index contributed by atoms with van der Waals surface area (Å²) in [5.74, 6) is 3.30. The predicted molar refractivity (Wildman–Crippen MR) is 99.1 cm³/mol. The Kier molecular flexibility index (Phi) is 3.86. The highest BCUT2D eigenvalue weighted by atomic mass is 32.2. The molecule has 6 nitrogen and oxygen atoms in total. The van der Waals surface area contributed by atoms with Crippen LogP contribution in [0.4, 0.5) is 0 Å². The van der Waals surface area contributed by atoms with Gasteiger partial charge >= 0.3 is 0 Å². The van der Waals surface area contributed by atoms with Crippen LogP contribution in [-0.2, 0) is 12.8 Å². The van der Waals surface area contributed by atoms with Gasteiger partial charge in [0.1, 0.15) is 0 Å². The van der Waals surface area contributed by atoms with E-state index in [0.29, 0.717) is 6.79 Å². The Morgan fingerprint density at radius 3 is 2.77 bits per heavy atom. The van der Waals surface area contributed by atoms with Crippen LogP contribution < -0.4 is 9.47 Å². The molecule has 0 spiro atoms. The van der Waals surface area contributed by atoms with Crippen molar-refractivity contribution in [3.63, 3.8) is 0 Å². The van der Waals surface area contributed by atoms with Crippen molar-refractivity contribution in [1.29, 1.82) is 0 Å². The molecule has 0 aliphatic carbocycles. The molecule has 2 aromatic carbocycles. The number of hydrogen-bond donors (Lipinski definition) is 0. The molecule has 2 aliphatic rings. The van der Waals surface area contributed by atoms with Crippen LogP contribution in [0.1, 0.15) is 17.0 Å². The van der Waals surface area contributed by atoms with Gasteiger partial charge in [-0.25, -0.2) is 0 Å². The maximum atomic E-state index is 5.45. The Hall–Kier alpha value is -2.80. The third kappa shape index (κ3) is 2.84. The highest BCUT2D eigenvalue weighted by Crippen LogP contribution is 2.33. The molecule has 0 fully saturated rings. The number of hydrogen-bond acceptors (Lipinski definition) is 6. The van der Waals surface area contributed by atoms with E-state index in [4.69, 9.17) is 14.6 Å². The summed E-state index contributed by atoms with van der Waals surface area (Å²) in [6, 6.07) is 16.3. The van der Waals surface area contributed by atoms with Crippen molar-refractivity contribution in [2.45, 2.75) is 18.0 Å². The summed E-state index contributed by atoms with van der Waals surface area (Å²) in [6.45, 7) is 0.296. The first kappa shape index (κ1) is 15.5. The first-order valence-corrected chi connectivity index (χ1v) is 9.44. The van der Waals surface area contributed by atoms with Gasteiger partial charge in [0.05, 0.1) is 5.71 Å². The van der Waals surface area contributed by atoms with Crippen molar-refractivity contribution < 1.29 is 9.47 Å². The maximum Gasteiger partial charge on any atom is 0.231 e. The zero-order valence-corrected chi connectivity index (χ0v) is 14.8. The Labute approximate surface area is 154 Å². The maximum absolute atomic E-state index is 5.45. The van der Waals surface area contributed by atoms with Crippen molar-refractivity contribution in [2.75, 3.05) is 12.5 Å². The Bertz CT molecular complexity index is 984. The molecule has 2 aliphatic heterocycles. The van der Waals surface area contributed by atoms with Crippen molar-refractivity contribution in [2.24, 2.45) is 5.10 Å². The zero-order valence-electron chi connectivity index (χ0n) is 14.0. The van der Waals surface area contributed by atoms with E-state index >= 15 is 0 Å². The van der Waals surface area contributed by atoms with Gasteiger partial charge in [0.25, 0.3) is 0 Å². The van der Waals surface area contributed by atoms with Crippen molar-refractivity contribution in [3.05, 3.63) is 65.5 Å². The average molecular weight is 364 g/mol.